The van der Waals surface area contributed by atoms with Crippen LogP contribution in [0.25, 0.3) is 11.3 Å². The molecule has 7 heteroatoms. The molecule has 19 heavy (non-hydrogen) atoms. The fourth-order valence-electron chi connectivity index (χ4n) is 1.45. The third-order valence-corrected chi connectivity index (χ3v) is 3.07. The van der Waals surface area contributed by atoms with Crippen molar-refractivity contribution in [1.29, 1.82) is 0 Å². The molecule has 2 rings (SSSR count). The lowest BCUT2D eigenvalue weighted by molar-refractivity contribution is -0.167. The molecule has 0 fully saturated rings. The minimum absolute atomic E-state index is 0.0884. The lowest BCUT2D eigenvalue weighted by Gasteiger charge is -2.08. The van der Waals surface area contributed by atoms with Gasteiger partial charge in [-0.1, -0.05) is 12.1 Å². The van der Waals surface area contributed by atoms with E-state index in [1.54, 1.807) is 17.5 Å². The van der Waals surface area contributed by atoms with E-state index in [-0.39, 0.29) is 5.69 Å². The van der Waals surface area contributed by atoms with Gasteiger partial charge < -0.3 is 5.32 Å². The number of carbonyl (C=O) groups excluding carboxylic acids is 1. The summed E-state index contributed by atoms with van der Waals surface area (Å²) in [5.74, 6) is -1.99. The lowest BCUT2D eigenvalue weighted by atomic mass is 10.1. The van der Waals surface area contributed by atoms with Crippen molar-refractivity contribution in [2.75, 3.05) is 5.32 Å². The van der Waals surface area contributed by atoms with Gasteiger partial charge in [0.25, 0.3) is 0 Å². The van der Waals surface area contributed by atoms with Crippen molar-refractivity contribution in [2.45, 2.75) is 13.1 Å². The van der Waals surface area contributed by atoms with Crippen LogP contribution in [-0.4, -0.2) is 17.1 Å². The van der Waals surface area contributed by atoms with Gasteiger partial charge in [-0.3, -0.25) is 4.79 Å². The Balaban J connectivity index is 2.23. The predicted molar refractivity (Wildman–Crippen MR) is 67.0 cm³/mol. The highest BCUT2D eigenvalue weighted by molar-refractivity contribution is 7.09. The summed E-state index contributed by atoms with van der Waals surface area (Å²) in [6, 6.07) is 6.14. The number of aromatic nitrogens is 1. The highest BCUT2D eigenvalue weighted by Gasteiger charge is 2.38. The topological polar surface area (TPSA) is 42.0 Å². The molecule has 2 aromatic rings. The van der Waals surface area contributed by atoms with Gasteiger partial charge in [0.2, 0.25) is 0 Å². The standard InChI is InChI=1S/C12H9F3N2OS/c1-7-16-10(6-19-7)8-3-2-4-9(5-8)17-11(18)12(13,14)15/h2-6H,1H3,(H,17,18). The number of aryl methyl sites for hydroxylation is 1. The largest absolute Gasteiger partial charge is 0.471 e. The molecule has 1 heterocycles. The van der Waals surface area contributed by atoms with Crippen LogP contribution in [0.1, 0.15) is 5.01 Å². The minimum Gasteiger partial charge on any atom is -0.318 e. The van der Waals surface area contributed by atoms with Crippen molar-refractivity contribution in [2.24, 2.45) is 0 Å². The van der Waals surface area contributed by atoms with E-state index in [0.717, 1.165) is 5.01 Å². The van der Waals surface area contributed by atoms with Crippen molar-refractivity contribution in [1.82, 2.24) is 4.98 Å². The zero-order valence-electron chi connectivity index (χ0n) is 9.78. The first-order valence-corrected chi connectivity index (χ1v) is 6.15. The molecule has 1 N–H and O–H groups in total. The Morgan fingerprint density at radius 2 is 2.11 bits per heavy atom. The Morgan fingerprint density at radius 1 is 1.37 bits per heavy atom. The van der Waals surface area contributed by atoms with Gasteiger partial charge >= 0.3 is 12.1 Å². The fraction of sp³-hybridized carbons (Fsp3) is 0.167. The van der Waals surface area contributed by atoms with Gasteiger partial charge in [-0.2, -0.15) is 13.2 Å². The third-order valence-electron chi connectivity index (χ3n) is 2.29. The summed E-state index contributed by atoms with van der Waals surface area (Å²) in [5.41, 5.74) is 1.42. The van der Waals surface area contributed by atoms with Crippen LogP contribution in [0.2, 0.25) is 0 Å². The van der Waals surface area contributed by atoms with Crippen LogP contribution in [0.3, 0.4) is 0 Å². The van der Waals surface area contributed by atoms with Crippen LogP contribution in [0.4, 0.5) is 18.9 Å². The number of amides is 1. The summed E-state index contributed by atoms with van der Waals surface area (Å²) in [7, 11) is 0. The molecule has 0 bridgehead atoms. The van der Waals surface area contributed by atoms with Gasteiger partial charge in [0.15, 0.2) is 0 Å². The molecule has 0 unspecified atom stereocenters. The van der Waals surface area contributed by atoms with E-state index >= 15 is 0 Å². The summed E-state index contributed by atoms with van der Waals surface area (Å²) in [4.78, 5) is 15.1. The summed E-state index contributed by atoms with van der Waals surface area (Å²) in [6.45, 7) is 1.84. The maximum Gasteiger partial charge on any atom is 0.471 e. The number of carbonyl (C=O) groups is 1. The number of nitrogens with zero attached hydrogens (tertiary/aromatic N) is 1. The summed E-state index contributed by atoms with van der Waals surface area (Å²) in [5, 5.41) is 4.48. The number of alkyl halides is 3. The molecule has 100 valence electrons. The molecule has 0 radical (unpaired) electrons. The average molecular weight is 286 g/mol. The third kappa shape index (κ3) is 3.31. The van der Waals surface area contributed by atoms with Gasteiger partial charge in [-0.25, -0.2) is 4.98 Å². The smallest absolute Gasteiger partial charge is 0.318 e. The van der Waals surface area contributed by atoms with Crippen LogP contribution in [-0.2, 0) is 4.79 Å². The van der Waals surface area contributed by atoms with E-state index in [9.17, 15) is 18.0 Å². The summed E-state index contributed by atoms with van der Waals surface area (Å²) < 4.78 is 36.4. The van der Waals surface area contributed by atoms with Crippen molar-refractivity contribution in [3.05, 3.63) is 34.7 Å². The molecular weight excluding hydrogens is 277 g/mol. The van der Waals surface area contributed by atoms with Crippen LogP contribution < -0.4 is 5.32 Å². The first-order chi connectivity index (χ1) is 8.86. The van der Waals surface area contributed by atoms with Gasteiger partial charge in [-0.05, 0) is 19.1 Å². The van der Waals surface area contributed by atoms with E-state index < -0.39 is 12.1 Å². The Hall–Kier alpha value is -1.89. The number of hydrogen-bond acceptors (Lipinski definition) is 3. The zero-order valence-corrected chi connectivity index (χ0v) is 10.6. The Kier molecular flexibility index (Phi) is 3.57. The molecule has 1 amide bonds. The Bertz CT molecular complexity index is 607. The maximum absolute atomic E-state index is 12.1. The Morgan fingerprint density at radius 3 is 2.68 bits per heavy atom. The monoisotopic (exact) mass is 286 g/mol. The van der Waals surface area contributed by atoms with Crippen LogP contribution in [0.5, 0.6) is 0 Å². The average Bonchev–Trinajstić information content (AvgIpc) is 2.75. The normalized spacial score (nSPS) is 11.4. The van der Waals surface area contributed by atoms with Crippen LogP contribution in [0, 0.1) is 6.92 Å². The molecule has 0 aliphatic carbocycles. The van der Waals surface area contributed by atoms with E-state index in [1.807, 2.05) is 12.2 Å². The number of benzene rings is 1. The van der Waals surface area contributed by atoms with Crippen molar-refractivity contribution >= 4 is 22.9 Å². The van der Waals surface area contributed by atoms with E-state index in [0.29, 0.717) is 11.3 Å². The number of hydrogen-bond donors (Lipinski definition) is 1. The molecule has 0 atom stereocenters. The molecule has 1 aromatic carbocycles. The molecule has 1 aromatic heterocycles. The van der Waals surface area contributed by atoms with E-state index in [1.165, 1.54) is 23.5 Å². The number of halogens is 3. The second kappa shape index (κ2) is 5.00. The van der Waals surface area contributed by atoms with E-state index in [4.69, 9.17) is 0 Å². The molecule has 0 saturated heterocycles. The summed E-state index contributed by atoms with van der Waals surface area (Å²) >= 11 is 1.44. The van der Waals surface area contributed by atoms with Crippen LogP contribution >= 0.6 is 11.3 Å². The van der Waals surface area contributed by atoms with Gasteiger partial charge in [0.05, 0.1) is 10.7 Å². The van der Waals surface area contributed by atoms with Crippen LogP contribution in [0.15, 0.2) is 29.6 Å². The SMILES string of the molecule is Cc1nc(-c2cccc(NC(=O)C(F)(F)F)c2)cs1. The van der Waals surface area contributed by atoms with Gasteiger partial charge in [-0.15, -0.1) is 11.3 Å². The Labute approximate surface area is 111 Å². The fourth-order valence-corrected chi connectivity index (χ4v) is 2.08. The second-order valence-electron chi connectivity index (χ2n) is 3.78. The molecule has 0 aliphatic rings. The van der Waals surface area contributed by atoms with Crippen molar-refractivity contribution < 1.29 is 18.0 Å². The quantitative estimate of drug-likeness (QED) is 0.916. The number of thiazole rings is 1. The zero-order chi connectivity index (χ0) is 14.0. The predicted octanol–water partition coefficient (Wildman–Crippen LogP) is 3.62. The molecule has 0 spiro atoms. The van der Waals surface area contributed by atoms with Crippen molar-refractivity contribution in [3.8, 4) is 11.3 Å². The second-order valence-corrected chi connectivity index (χ2v) is 4.85. The number of anilines is 1. The highest BCUT2D eigenvalue weighted by atomic mass is 32.1. The molecule has 3 nitrogen and oxygen atoms in total. The lowest BCUT2D eigenvalue weighted by Crippen LogP contribution is -2.29. The first kappa shape index (κ1) is 13.5. The minimum atomic E-state index is -4.90. The van der Waals surface area contributed by atoms with E-state index in [2.05, 4.69) is 4.98 Å². The number of nitrogens with one attached hydrogen (secondary N) is 1. The number of rotatable bonds is 2. The van der Waals surface area contributed by atoms with Gasteiger partial charge in [0, 0.05) is 16.6 Å². The van der Waals surface area contributed by atoms with Gasteiger partial charge in [0.1, 0.15) is 0 Å². The van der Waals surface area contributed by atoms with Crippen molar-refractivity contribution in [3.63, 3.8) is 0 Å². The highest BCUT2D eigenvalue weighted by Crippen LogP contribution is 2.25. The maximum atomic E-state index is 12.1. The molecular formula is C12H9F3N2OS. The molecule has 0 saturated carbocycles. The molecule has 0 aliphatic heterocycles. The summed E-state index contributed by atoms with van der Waals surface area (Å²) in [6.07, 6.45) is -4.90. The first-order valence-electron chi connectivity index (χ1n) is 5.27.